The van der Waals surface area contributed by atoms with Crippen LogP contribution in [0.4, 0.5) is 0 Å². The van der Waals surface area contributed by atoms with Crippen LogP contribution in [0.15, 0.2) is 97.2 Å². The van der Waals surface area contributed by atoms with Gasteiger partial charge in [0.15, 0.2) is 0 Å². The molecule has 5 aromatic rings. The first-order valence-electron chi connectivity index (χ1n) is 14.1. The Morgan fingerprint density at radius 3 is 2.00 bits per heavy atom. The van der Waals surface area contributed by atoms with Crippen molar-refractivity contribution >= 4 is 23.4 Å². The van der Waals surface area contributed by atoms with E-state index in [2.05, 4.69) is 126 Å². The summed E-state index contributed by atoms with van der Waals surface area (Å²) in [6.07, 6.45) is 1.96. The summed E-state index contributed by atoms with van der Waals surface area (Å²) in [6, 6.07) is 32.9. The van der Waals surface area contributed by atoms with Crippen molar-refractivity contribution < 1.29 is 9.31 Å². The largest absolute Gasteiger partial charge is 0.494 e. The molecule has 1 fully saturated rings. The van der Waals surface area contributed by atoms with Crippen LogP contribution in [-0.2, 0) is 14.7 Å². The summed E-state index contributed by atoms with van der Waals surface area (Å²) in [5.41, 5.74) is 9.82. The molecule has 198 valence electrons. The number of pyridine rings is 1. The summed E-state index contributed by atoms with van der Waals surface area (Å²) in [4.78, 5) is 4.86. The molecule has 1 aliphatic carbocycles. The highest BCUT2D eigenvalue weighted by atomic mass is 16.7. The lowest BCUT2D eigenvalue weighted by molar-refractivity contribution is 0.00578. The van der Waals surface area contributed by atoms with Gasteiger partial charge in [0.25, 0.3) is 0 Å². The van der Waals surface area contributed by atoms with Crippen molar-refractivity contribution in [1.82, 2.24) is 4.98 Å². The minimum atomic E-state index is -0.460. The molecule has 1 aromatic heterocycles. The molecule has 0 radical (unpaired) electrons. The van der Waals surface area contributed by atoms with E-state index in [4.69, 9.17) is 14.3 Å². The number of aromatic nitrogens is 1. The zero-order valence-electron chi connectivity index (χ0n) is 24.1. The second kappa shape index (κ2) is 8.64. The maximum atomic E-state index is 6.51. The molecule has 0 bridgehead atoms. The van der Waals surface area contributed by atoms with E-state index in [1.165, 1.54) is 33.2 Å². The van der Waals surface area contributed by atoms with Crippen molar-refractivity contribution in [3.63, 3.8) is 0 Å². The zero-order chi connectivity index (χ0) is 27.9. The average molecular weight is 523 g/mol. The SMILES string of the molecule is CC1(C)c2ccccc2-c2cc(-c3cc(B4OC(C)(C)C(C)(C)O4)cc(-c4cc5ccccc5cn4)c3)ccc21. The maximum Gasteiger partial charge on any atom is 0.494 e. The lowest BCUT2D eigenvalue weighted by atomic mass is 9.76. The molecule has 0 atom stereocenters. The lowest BCUT2D eigenvalue weighted by Crippen LogP contribution is -2.41. The zero-order valence-corrected chi connectivity index (χ0v) is 24.1. The first kappa shape index (κ1) is 25.3. The second-order valence-corrected chi connectivity index (χ2v) is 12.8. The normalized spacial score (nSPS) is 18.1. The Bertz CT molecular complexity index is 1790. The first-order valence-corrected chi connectivity index (χ1v) is 14.1. The molecular formula is C36H34BNO2. The molecular weight excluding hydrogens is 489 g/mol. The quantitative estimate of drug-likeness (QED) is 0.224. The summed E-state index contributed by atoms with van der Waals surface area (Å²) in [5.74, 6) is 0. The molecule has 0 N–H and O–H groups in total. The number of hydrogen-bond acceptors (Lipinski definition) is 3. The first-order chi connectivity index (χ1) is 19.0. The van der Waals surface area contributed by atoms with Gasteiger partial charge in [0.05, 0.1) is 16.9 Å². The highest BCUT2D eigenvalue weighted by molar-refractivity contribution is 6.62. The molecule has 1 saturated heterocycles. The molecule has 2 heterocycles. The van der Waals surface area contributed by atoms with E-state index in [1.807, 2.05) is 12.3 Å². The summed E-state index contributed by atoms with van der Waals surface area (Å²) in [6.45, 7) is 13.0. The van der Waals surface area contributed by atoms with E-state index in [0.29, 0.717) is 0 Å². The molecule has 0 unspecified atom stereocenters. The fourth-order valence-electron chi connectivity index (χ4n) is 6.22. The Morgan fingerprint density at radius 1 is 0.575 bits per heavy atom. The number of hydrogen-bond donors (Lipinski definition) is 0. The predicted molar refractivity (Wildman–Crippen MR) is 166 cm³/mol. The van der Waals surface area contributed by atoms with Crippen molar-refractivity contribution in [3.05, 3.63) is 108 Å². The van der Waals surface area contributed by atoms with E-state index >= 15 is 0 Å². The molecule has 0 saturated carbocycles. The third-order valence-electron chi connectivity index (χ3n) is 9.32. The van der Waals surface area contributed by atoms with E-state index in [1.54, 1.807) is 0 Å². The molecule has 40 heavy (non-hydrogen) atoms. The predicted octanol–water partition coefficient (Wildman–Crippen LogP) is 8.17. The van der Waals surface area contributed by atoms with Gasteiger partial charge < -0.3 is 9.31 Å². The second-order valence-electron chi connectivity index (χ2n) is 12.8. The van der Waals surface area contributed by atoms with Gasteiger partial charge in [-0.15, -0.1) is 0 Å². The summed E-state index contributed by atoms with van der Waals surface area (Å²) in [5, 5.41) is 2.31. The highest BCUT2D eigenvalue weighted by Crippen LogP contribution is 2.49. The number of fused-ring (bicyclic) bond motifs is 4. The van der Waals surface area contributed by atoms with Gasteiger partial charge in [0.1, 0.15) is 0 Å². The third-order valence-corrected chi connectivity index (χ3v) is 9.32. The average Bonchev–Trinajstić information content (AvgIpc) is 3.32. The molecule has 0 spiro atoms. The topological polar surface area (TPSA) is 31.4 Å². The van der Waals surface area contributed by atoms with Gasteiger partial charge >= 0.3 is 7.12 Å². The number of rotatable bonds is 3. The van der Waals surface area contributed by atoms with Crippen LogP contribution in [0.3, 0.4) is 0 Å². The fraction of sp³-hybridized carbons (Fsp3) is 0.250. The van der Waals surface area contributed by atoms with Gasteiger partial charge in [0.2, 0.25) is 0 Å². The molecule has 2 aliphatic rings. The van der Waals surface area contributed by atoms with Crippen LogP contribution in [0.5, 0.6) is 0 Å². The van der Waals surface area contributed by atoms with Crippen molar-refractivity contribution in [2.45, 2.75) is 58.2 Å². The van der Waals surface area contributed by atoms with E-state index < -0.39 is 18.3 Å². The highest BCUT2D eigenvalue weighted by Gasteiger charge is 2.51. The minimum absolute atomic E-state index is 0.0187. The van der Waals surface area contributed by atoms with Crippen LogP contribution < -0.4 is 5.46 Å². The van der Waals surface area contributed by atoms with Crippen molar-refractivity contribution in [2.24, 2.45) is 0 Å². The third kappa shape index (κ3) is 3.85. The molecule has 7 rings (SSSR count). The Morgan fingerprint density at radius 2 is 1.23 bits per heavy atom. The number of nitrogens with zero attached hydrogens (tertiary/aromatic N) is 1. The molecule has 4 aromatic carbocycles. The van der Waals surface area contributed by atoms with Gasteiger partial charge in [-0.25, -0.2) is 0 Å². The summed E-state index contributed by atoms with van der Waals surface area (Å²) in [7, 11) is -0.460. The number of benzene rings is 4. The Hall–Kier alpha value is -3.73. The van der Waals surface area contributed by atoms with Crippen LogP contribution in [0.1, 0.15) is 52.7 Å². The van der Waals surface area contributed by atoms with Gasteiger partial charge in [-0.05, 0) is 90.1 Å². The van der Waals surface area contributed by atoms with Crippen molar-refractivity contribution in [3.8, 4) is 33.5 Å². The van der Waals surface area contributed by atoms with Crippen molar-refractivity contribution in [1.29, 1.82) is 0 Å². The maximum absolute atomic E-state index is 6.51. The van der Waals surface area contributed by atoms with Crippen LogP contribution in [0.2, 0.25) is 0 Å². The molecule has 1 aliphatic heterocycles. The van der Waals surface area contributed by atoms with Gasteiger partial charge in [-0.2, -0.15) is 0 Å². The Balaban J connectivity index is 1.40. The van der Waals surface area contributed by atoms with Gasteiger partial charge in [-0.1, -0.05) is 86.6 Å². The Labute approximate surface area is 237 Å². The van der Waals surface area contributed by atoms with Crippen LogP contribution >= 0.6 is 0 Å². The molecule has 0 amide bonds. The smallest absolute Gasteiger partial charge is 0.399 e. The van der Waals surface area contributed by atoms with Crippen LogP contribution in [0.25, 0.3) is 44.3 Å². The van der Waals surface area contributed by atoms with E-state index in [0.717, 1.165) is 27.7 Å². The van der Waals surface area contributed by atoms with Gasteiger partial charge in [0, 0.05) is 22.6 Å². The summed E-state index contributed by atoms with van der Waals surface area (Å²) < 4.78 is 13.0. The van der Waals surface area contributed by atoms with E-state index in [9.17, 15) is 0 Å². The van der Waals surface area contributed by atoms with Crippen LogP contribution in [0, 0.1) is 0 Å². The minimum Gasteiger partial charge on any atom is -0.399 e. The lowest BCUT2D eigenvalue weighted by Gasteiger charge is -2.32. The molecule has 4 heteroatoms. The van der Waals surface area contributed by atoms with Crippen LogP contribution in [-0.4, -0.2) is 23.3 Å². The monoisotopic (exact) mass is 523 g/mol. The van der Waals surface area contributed by atoms with E-state index in [-0.39, 0.29) is 5.41 Å². The Kier molecular flexibility index (Phi) is 5.45. The standard InChI is InChI=1S/C36H34BNO2/c1-34(2)31-14-10-9-13-29(31)30-20-24(15-16-32(30)34)26-17-27(33-21-23-11-7-8-12-25(23)22-38-33)19-28(18-26)37-39-35(3,4)36(5,6)40-37/h7-22H,1-6H3. The van der Waals surface area contributed by atoms with Gasteiger partial charge in [-0.3, -0.25) is 4.98 Å². The fourth-order valence-corrected chi connectivity index (χ4v) is 6.22. The molecule has 3 nitrogen and oxygen atoms in total. The van der Waals surface area contributed by atoms with Crippen molar-refractivity contribution in [2.75, 3.05) is 0 Å². The summed E-state index contributed by atoms with van der Waals surface area (Å²) >= 11 is 0.